The van der Waals surface area contributed by atoms with E-state index in [0.29, 0.717) is 11.4 Å². The number of rotatable bonds is 3. The van der Waals surface area contributed by atoms with Gasteiger partial charge in [-0.3, -0.25) is 4.79 Å². The molecule has 0 bridgehead atoms. The molecule has 16 heavy (non-hydrogen) atoms. The summed E-state index contributed by atoms with van der Waals surface area (Å²) in [5.41, 5.74) is 3.55. The Morgan fingerprint density at radius 2 is 2.25 bits per heavy atom. The molecule has 0 heterocycles. The van der Waals surface area contributed by atoms with E-state index in [1.807, 2.05) is 6.07 Å². The van der Waals surface area contributed by atoms with Crippen LogP contribution in [0.2, 0.25) is 0 Å². The zero-order valence-corrected chi connectivity index (χ0v) is 11.3. The van der Waals surface area contributed by atoms with E-state index in [-0.39, 0.29) is 5.78 Å². The van der Waals surface area contributed by atoms with Gasteiger partial charge in [-0.15, -0.1) is 0 Å². The van der Waals surface area contributed by atoms with Crippen LogP contribution in [-0.2, 0) is 6.42 Å². The van der Waals surface area contributed by atoms with Crippen LogP contribution in [0, 0.1) is 0 Å². The average Bonchev–Trinajstić information content (AvgIpc) is 2.70. The van der Waals surface area contributed by atoms with E-state index in [1.165, 1.54) is 11.1 Å². The summed E-state index contributed by atoms with van der Waals surface area (Å²) in [6.07, 6.45) is 2.29. The van der Waals surface area contributed by atoms with E-state index < -0.39 is 0 Å². The Labute approximate surface area is 105 Å². The molecule has 0 N–H and O–H groups in total. The zero-order chi connectivity index (χ0) is 11.7. The van der Waals surface area contributed by atoms with Gasteiger partial charge in [0.1, 0.15) is 0 Å². The molecule has 1 atom stereocenters. The third-order valence-corrected chi connectivity index (χ3v) is 3.77. The Morgan fingerprint density at radius 3 is 2.88 bits per heavy atom. The highest BCUT2D eigenvalue weighted by atomic mass is 79.9. The largest absolute Gasteiger partial charge is 0.302 e. The van der Waals surface area contributed by atoms with Crippen LogP contribution in [0.3, 0.4) is 0 Å². The maximum Gasteiger partial charge on any atom is 0.173 e. The Bertz CT molecular complexity index is 414. The summed E-state index contributed by atoms with van der Waals surface area (Å²) in [6, 6.07) is 6.59. The lowest BCUT2D eigenvalue weighted by Gasteiger charge is -2.20. The van der Waals surface area contributed by atoms with Gasteiger partial charge in [-0.2, -0.15) is 0 Å². The summed E-state index contributed by atoms with van der Waals surface area (Å²) >= 11 is 3.22. The fourth-order valence-corrected chi connectivity index (χ4v) is 2.69. The molecule has 1 aliphatic rings. The van der Waals surface area contributed by atoms with E-state index in [1.54, 1.807) is 0 Å². The minimum absolute atomic E-state index is 0.159. The molecule has 1 unspecified atom stereocenters. The second kappa shape index (κ2) is 4.68. The first-order valence-electron chi connectivity index (χ1n) is 5.52. The second-order valence-corrected chi connectivity index (χ2v) is 5.05. The Hall–Kier alpha value is -0.670. The molecule has 3 heteroatoms. The highest BCUT2D eigenvalue weighted by Crippen LogP contribution is 2.34. The first kappa shape index (κ1) is 11.8. The fraction of sp³-hybridized carbons (Fsp3) is 0.462. The number of hydrogen-bond acceptors (Lipinski definition) is 2. The first-order chi connectivity index (χ1) is 7.63. The number of Topliss-reactive ketones (excluding diaryl/α,β-unsaturated/α-hetero) is 1. The van der Waals surface area contributed by atoms with Crippen molar-refractivity contribution in [2.75, 3.05) is 19.4 Å². The van der Waals surface area contributed by atoms with Crippen LogP contribution >= 0.6 is 15.9 Å². The molecule has 0 fully saturated rings. The molecule has 1 aromatic rings. The topological polar surface area (TPSA) is 20.3 Å². The van der Waals surface area contributed by atoms with Gasteiger partial charge in [-0.05, 0) is 44.1 Å². The van der Waals surface area contributed by atoms with Gasteiger partial charge >= 0.3 is 0 Å². The highest BCUT2D eigenvalue weighted by molar-refractivity contribution is 9.09. The number of ketones is 1. The molecule has 0 spiro atoms. The Morgan fingerprint density at radius 1 is 1.50 bits per heavy atom. The van der Waals surface area contributed by atoms with Crippen molar-refractivity contribution < 1.29 is 4.79 Å². The molecule has 1 aliphatic carbocycles. The van der Waals surface area contributed by atoms with E-state index in [2.05, 4.69) is 47.1 Å². The van der Waals surface area contributed by atoms with Crippen LogP contribution in [0.1, 0.15) is 33.9 Å². The van der Waals surface area contributed by atoms with Crippen LogP contribution < -0.4 is 0 Å². The number of nitrogens with zero attached hydrogens (tertiary/aromatic N) is 1. The van der Waals surface area contributed by atoms with Crippen molar-refractivity contribution in [2.45, 2.75) is 18.9 Å². The number of fused-ring (bicyclic) bond motifs is 1. The SMILES string of the molecule is CN(C)C1CCc2ccc(C(=O)CBr)cc21. The number of alkyl halides is 1. The molecule has 86 valence electrons. The normalized spacial score (nSPS) is 18.9. The van der Waals surface area contributed by atoms with Crippen LogP contribution in [-0.4, -0.2) is 30.1 Å². The van der Waals surface area contributed by atoms with Gasteiger partial charge in [-0.1, -0.05) is 28.1 Å². The molecule has 1 aromatic carbocycles. The summed E-state index contributed by atoms with van der Waals surface area (Å²) in [6.45, 7) is 0. The third kappa shape index (κ3) is 2.06. The van der Waals surface area contributed by atoms with Crippen molar-refractivity contribution in [1.29, 1.82) is 0 Å². The molecule has 2 rings (SSSR count). The lowest BCUT2D eigenvalue weighted by molar-refractivity contribution is 0.102. The highest BCUT2D eigenvalue weighted by Gasteiger charge is 2.24. The first-order valence-corrected chi connectivity index (χ1v) is 6.64. The summed E-state index contributed by atoms with van der Waals surface area (Å²) in [7, 11) is 4.19. The smallest absolute Gasteiger partial charge is 0.173 e. The van der Waals surface area contributed by atoms with Gasteiger partial charge in [0.2, 0.25) is 0 Å². The molecule has 0 radical (unpaired) electrons. The number of aryl methyl sites for hydroxylation is 1. The monoisotopic (exact) mass is 281 g/mol. The van der Waals surface area contributed by atoms with Crippen molar-refractivity contribution in [2.24, 2.45) is 0 Å². The van der Waals surface area contributed by atoms with Gasteiger partial charge in [0.15, 0.2) is 5.78 Å². The predicted molar refractivity (Wildman–Crippen MR) is 69.3 cm³/mol. The Kier molecular flexibility index (Phi) is 3.45. The van der Waals surface area contributed by atoms with Gasteiger partial charge in [0.05, 0.1) is 5.33 Å². The van der Waals surface area contributed by atoms with Gasteiger partial charge < -0.3 is 4.90 Å². The minimum atomic E-state index is 0.159. The maximum atomic E-state index is 11.6. The second-order valence-electron chi connectivity index (χ2n) is 4.49. The standard InChI is InChI=1S/C13H16BrNO/c1-15(2)12-6-5-9-3-4-10(7-11(9)12)13(16)8-14/h3-4,7,12H,5-6,8H2,1-2H3. The summed E-state index contributed by atoms with van der Waals surface area (Å²) < 4.78 is 0. The summed E-state index contributed by atoms with van der Waals surface area (Å²) in [5.74, 6) is 0.159. The number of carbonyl (C=O) groups excluding carboxylic acids is 1. The minimum Gasteiger partial charge on any atom is -0.302 e. The van der Waals surface area contributed by atoms with Gasteiger partial charge in [0.25, 0.3) is 0 Å². The van der Waals surface area contributed by atoms with Crippen LogP contribution in [0.25, 0.3) is 0 Å². The number of carbonyl (C=O) groups is 1. The number of hydrogen-bond donors (Lipinski definition) is 0. The molecule has 0 saturated heterocycles. The van der Waals surface area contributed by atoms with Crippen LogP contribution in [0.4, 0.5) is 0 Å². The molecule has 2 nitrogen and oxygen atoms in total. The predicted octanol–water partition coefficient (Wildman–Crippen LogP) is 2.81. The Balaban J connectivity index is 2.37. The van der Waals surface area contributed by atoms with E-state index in [9.17, 15) is 4.79 Å². The van der Waals surface area contributed by atoms with Crippen molar-refractivity contribution >= 4 is 21.7 Å². The van der Waals surface area contributed by atoms with Crippen molar-refractivity contribution in [1.82, 2.24) is 4.90 Å². The van der Waals surface area contributed by atoms with E-state index >= 15 is 0 Å². The fourth-order valence-electron chi connectivity index (χ4n) is 2.37. The molecule has 0 aliphatic heterocycles. The molecular weight excluding hydrogens is 266 g/mol. The van der Waals surface area contributed by atoms with Crippen molar-refractivity contribution in [3.05, 3.63) is 34.9 Å². The van der Waals surface area contributed by atoms with E-state index in [0.717, 1.165) is 18.4 Å². The number of halogens is 1. The lowest BCUT2D eigenvalue weighted by atomic mass is 10.0. The van der Waals surface area contributed by atoms with Gasteiger partial charge in [-0.25, -0.2) is 0 Å². The van der Waals surface area contributed by atoms with E-state index in [4.69, 9.17) is 0 Å². The van der Waals surface area contributed by atoms with Crippen LogP contribution in [0.5, 0.6) is 0 Å². The zero-order valence-electron chi connectivity index (χ0n) is 9.66. The van der Waals surface area contributed by atoms with Crippen LogP contribution in [0.15, 0.2) is 18.2 Å². The molecular formula is C13H16BrNO. The van der Waals surface area contributed by atoms with Crippen molar-refractivity contribution in [3.63, 3.8) is 0 Å². The molecule has 0 amide bonds. The average molecular weight is 282 g/mol. The summed E-state index contributed by atoms with van der Waals surface area (Å²) in [4.78, 5) is 13.9. The quantitative estimate of drug-likeness (QED) is 0.627. The lowest BCUT2D eigenvalue weighted by Crippen LogP contribution is -2.17. The summed E-state index contributed by atoms with van der Waals surface area (Å²) in [5, 5.41) is 0.401. The maximum absolute atomic E-state index is 11.6. The van der Waals surface area contributed by atoms with Gasteiger partial charge in [0, 0.05) is 11.6 Å². The molecule has 0 saturated carbocycles. The molecule has 0 aromatic heterocycles. The third-order valence-electron chi connectivity index (χ3n) is 3.26. The number of benzene rings is 1. The van der Waals surface area contributed by atoms with Crippen molar-refractivity contribution in [3.8, 4) is 0 Å².